The SMILES string of the molecule is CNC(=O)c1ccccc1Nc1nc(Nc2ccc(N3CCN(CCCN)CC3)cc2)ncc1Cl. The molecular formula is C25H31ClN8O. The first kappa shape index (κ1) is 24.7. The molecule has 3 aromatic rings. The summed E-state index contributed by atoms with van der Waals surface area (Å²) < 4.78 is 0. The van der Waals surface area contributed by atoms with Gasteiger partial charge in [-0.2, -0.15) is 4.98 Å². The Kier molecular flexibility index (Phi) is 8.36. The Morgan fingerprint density at radius 3 is 2.51 bits per heavy atom. The Balaban J connectivity index is 1.41. The molecule has 2 heterocycles. The third kappa shape index (κ3) is 6.39. The van der Waals surface area contributed by atoms with Gasteiger partial charge >= 0.3 is 0 Å². The molecule has 1 amide bonds. The van der Waals surface area contributed by atoms with Crippen LogP contribution in [0.3, 0.4) is 0 Å². The van der Waals surface area contributed by atoms with Crippen molar-refractivity contribution in [2.24, 2.45) is 5.73 Å². The number of carbonyl (C=O) groups is 1. The van der Waals surface area contributed by atoms with Crippen LogP contribution in [0.2, 0.25) is 5.02 Å². The summed E-state index contributed by atoms with van der Waals surface area (Å²) in [5.41, 5.74) is 8.79. The fraction of sp³-hybridized carbons (Fsp3) is 0.320. The molecule has 184 valence electrons. The van der Waals surface area contributed by atoms with Gasteiger partial charge in [-0.25, -0.2) is 4.98 Å². The number of rotatable bonds is 9. The van der Waals surface area contributed by atoms with Crippen molar-refractivity contribution in [2.75, 3.05) is 61.8 Å². The minimum Gasteiger partial charge on any atom is -0.369 e. The molecule has 35 heavy (non-hydrogen) atoms. The summed E-state index contributed by atoms with van der Waals surface area (Å²) in [6, 6.07) is 15.4. The topological polar surface area (TPSA) is 111 Å². The van der Waals surface area contributed by atoms with Crippen molar-refractivity contribution in [3.8, 4) is 0 Å². The van der Waals surface area contributed by atoms with E-state index in [4.69, 9.17) is 17.3 Å². The lowest BCUT2D eigenvalue weighted by atomic mass is 10.1. The van der Waals surface area contributed by atoms with Crippen molar-refractivity contribution >= 4 is 46.3 Å². The lowest BCUT2D eigenvalue weighted by Crippen LogP contribution is -2.46. The zero-order valence-electron chi connectivity index (χ0n) is 19.8. The zero-order valence-corrected chi connectivity index (χ0v) is 20.6. The van der Waals surface area contributed by atoms with Gasteiger partial charge in [-0.15, -0.1) is 0 Å². The summed E-state index contributed by atoms with van der Waals surface area (Å²) in [7, 11) is 1.59. The van der Waals surface area contributed by atoms with E-state index in [1.54, 1.807) is 25.2 Å². The molecule has 1 aromatic heterocycles. The first-order valence-electron chi connectivity index (χ1n) is 11.7. The Morgan fingerprint density at radius 2 is 1.80 bits per heavy atom. The maximum Gasteiger partial charge on any atom is 0.253 e. The molecule has 0 aliphatic carbocycles. The van der Waals surface area contributed by atoms with Crippen molar-refractivity contribution in [2.45, 2.75) is 6.42 Å². The molecular weight excluding hydrogens is 464 g/mol. The summed E-state index contributed by atoms with van der Waals surface area (Å²) in [5.74, 6) is 0.605. The van der Waals surface area contributed by atoms with Crippen molar-refractivity contribution in [1.29, 1.82) is 0 Å². The van der Waals surface area contributed by atoms with E-state index in [0.717, 1.165) is 51.4 Å². The molecule has 5 N–H and O–H groups in total. The number of amides is 1. The van der Waals surface area contributed by atoms with Crippen LogP contribution in [0.15, 0.2) is 54.7 Å². The highest BCUT2D eigenvalue weighted by atomic mass is 35.5. The second kappa shape index (κ2) is 11.8. The second-order valence-corrected chi connectivity index (χ2v) is 8.69. The first-order chi connectivity index (χ1) is 17.1. The van der Waals surface area contributed by atoms with Crippen molar-refractivity contribution < 1.29 is 4.79 Å². The van der Waals surface area contributed by atoms with E-state index in [1.807, 2.05) is 18.2 Å². The standard InChI is InChI=1S/C25H31ClN8O/c1-28-24(35)20-5-2-3-6-22(20)31-23-21(26)17-29-25(32-23)30-18-7-9-19(10-8-18)34-15-13-33(14-16-34)12-4-11-27/h2-3,5-10,17H,4,11-16,27H2,1H3,(H,28,35)(H2,29,30,31,32). The number of nitrogens with one attached hydrogen (secondary N) is 3. The van der Waals surface area contributed by atoms with Gasteiger partial charge < -0.3 is 26.6 Å². The van der Waals surface area contributed by atoms with E-state index in [0.29, 0.717) is 28.0 Å². The van der Waals surface area contributed by atoms with Gasteiger partial charge in [-0.3, -0.25) is 9.69 Å². The molecule has 0 saturated carbocycles. The summed E-state index contributed by atoms with van der Waals surface area (Å²) in [6.45, 7) is 5.93. The highest BCUT2D eigenvalue weighted by Gasteiger charge is 2.17. The molecule has 1 fully saturated rings. The van der Waals surface area contributed by atoms with E-state index >= 15 is 0 Å². The molecule has 2 aromatic carbocycles. The Labute approximate surface area is 210 Å². The van der Waals surface area contributed by atoms with Crippen LogP contribution in [0.25, 0.3) is 0 Å². The number of nitrogens with zero attached hydrogens (tertiary/aromatic N) is 4. The predicted molar refractivity (Wildman–Crippen MR) is 142 cm³/mol. The summed E-state index contributed by atoms with van der Waals surface area (Å²) in [5, 5.41) is 9.36. The number of halogens is 1. The summed E-state index contributed by atoms with van der Waals surface area (Å²) in [6.07, 6.45) is 2.57. The number of hydrogen-bond acceptors (Lipinski definition) is 8. The average molecular weight is 495 g/mol. The van der Waals surface area contributed by atoms with Crippen LogP contribution in [0.1, 0.15) is 16.8 Å². The molecule has 0 radical (unpaired) electrons. The number of aromatic nitrogens is 2. The smallest absolute Gasteiger partial charge is 0.253 e. The van der Waals surface area contributed by atoms with Gasteiger partial charge in [-0.1, -0.05) is 23.7 Å². The van der Waals surface area contributed by atoms with Gasteiger partial charge in [0.2, 0.25) is 5.95 Å². The molecule has 0 atom stereocenters. The molecule has 0 bridgehead atoms. The highest BCUT2D eigenvalue weighted by molar-refractivity contribution is 6.33. The van der Waals surface area contributed by atoms with Crippen molar-refractivity contribution in [1.82, 2.24) is 20.2 Å². The Hall–Kier alpha value is -3.40. The van der Waals surface area contributed by atoms with Gasteiger partial charge in [0.15, 0.2) is 5.82 Å². The quantitative estimate of drug-likeness (QED) is 0.358. The van der Waals surface area contributed by atoms with E-state index < -0.39 is 0 Å². The minimum atomic E-state index is -0.200. The van der Waals surface area contributed by atoms with Crippen LogP contribution in [-0.2, 0) is 0 Å². The van der Waals surface area contributed by atoms with Crippen LogP contribution >= 0.6 is 11.6 Å². The molecule has 1 saturated heterocycles. The molecule has 1 aliphatic rings. The fourth-order valence-electron chi connectivity index (χ4n) is 4.00. The molecule has 0 spiro atoms. The van der Waals surface area contributed by atoms with Crippen LogP contribution in [0.4, 0.5) is 28.8 Å². The van der Waals surface area contributed by atoms with Gasteiger partial charge in [0.05, 0.1) is 17.4 Å². The number of hydrogen-bond donors (Lipinski definition) is 4. The van der Waals surface area contributed by atoms with Crippen LogP contribution in [-0.4, -0.2) is 67.1 Å². The predicted octanol–water partition coefficient (Wildman–Crippen LogP) is 3.45. The molecule has 9 nitrogen and oxygen atoms in total. The van der Waals surface area contributed by atoms with Crippen LogP contribution in [0, 0.1) is 0 Å². The number of piperazine rings is 1. The third-order valence-corrected chi connectivity index (χ3v) is 6.21. The van der Waals surface area contributed by atoms with Crippen molar-refractivity contribution in [3.05, 3.63) is 65.3 Å². The number of benzene rings is 2. The van der Waals surface area contributed by atoms with E-state index in [1.165, 1.54) is 11.9 Å². The summed E-state index contributed by atoms with van der Waals surface area (Å²) >= 11 is 6.33. The normalized spacial score (nSPS) is 14.0. The van der Waals surface area contributed by atoms with E-state index in [9.17, 15) is 4.79 Å². The van der Waals surface area contributed by atoms with Gasteiger partial charge in [-0.05, 0) is 55.9 Å². The first-order valence-corrected chi connectivity index (χ1v) is 12.1. The molecule has 0 unspecified atom stereocenters. The maximum atomic E-state index is 12.2. The molecule has 1 aliphatic heterocycles. The second-order valence-electron chi connectivity index (χ2n) is 8.28. The fourth-order valence-corrected chi connectivity index (χ4v) is 4.13. The molecule has 10 heteroatoms. The average Bonchev–Trinajstić information content (AvgIpc) is 2.90. The van der Waals surface area contributed by atoms with Crippen molar-refractivity contribution in [3.63, 3.8) is 0 Å². The Morgan fingerprint density at radius 1 is 1.06 bits per heavy atom. The van der Waals surface area contributed by atoms with E-state index in [-0.39, 0.29) is 5.91 Å². The molecule has 4 rings (SSSR count). The highest BCUT2D eigenvalue weighted by Crippen LogP contribution is 2.27. The number of anilines is 5. The lowest BCUT2D eigenvalue weighted by Gasteiger charge is -2.36. The van der Waals surface area contributed by atoms with Gasteiger partial charge in [0.25, 0.3) is 5.91 Å². The Bertz CT molecular complexity index is 1130. The van der Waals surface area contributed by atoms with Crippen LogP contribution in [0.5, 0.6) is 0 Å². The lowest BCUT2D eigenvalue weighted by molar-refractivity contribution is 0.0964. The zero-order chi connectivity index (χ0) is 24.6. The number of nitrogens with two attached hydrogens (primary N) is 1. The van der Waals surface area contributed by atoms with Crippen LogP contribution < -0.4 is 26.6 Å². The largest absolute Gasteiger partial charge is 0.369 e. The minimum absolute atomic E-state index is 0.200. The monoisotopic (exact) mass is 494 g/mol. The maximum absolute atomic E-state index is 12.2. The van der Waals surface area contributed by atoms with Gasteiger partial charge in [0, 0.05) is 44.6 Å². The number of carbonyl (C=O) groups excluding carboxylic acids is 1. The number of para-hydroxylation sites is 1. The third-order valence-electron chi connectivity index (χ3n) is 5.94. The van der Waals surface area contributed by atoms with Gasteiger partial charge in [0.1, 0.15) is 5.02 Å². The van der Waals surface area contributed by atoms with E-state index in [2.05, 4.69) is 47.9 Å². The summed E-state index contributed by atoms with van der Waals surface area (Å²) in [4.78, 5) is 25.9.